The Balaban J connectivity index is 2.22. The molecule has 5 nitrogen and oxygen atoms in total. The predicted octanol–water partition coefficient (Wildman–Crippen LogP) is 4.87. The van der Waals surface area contributed by atoms with Gasteiger partial charge < -0.3 is 15.0 Å². The van der Waals surface area contributed by atoms with Crippen LogP contribution in [0.2, 0.25) is 10.0 Å². The maximum Gasteiger partial charge on any atom is 0.261 e. The second-order valence-electron chi connectivity index (χ2n) is 7.59. The minimum Gasteiger partial charge on any atom is -0.484 e. The van der Waals surface area contributed by atoms with Crippen molar-refractivity contribution < 1.29 is 14.3 Å². The lowest BCUT2D eigenvalue weighted by atomic mass is 10.1. The molecule has 0 fully saturated rings. The van der Waals surface area contributed by atoms with Crippen LogP contribution in [0.4, 0.5) is 0 Å². The van der Waals surface area contributed by atoms with Crippen molar-refractivity contribution in [2.24, 2.45) is 5.92 Å². The molecule has 7 heteroatoms. The van der Waals surface area contributed by atoms with Gasteiger partial charge in [-0.2, -0.15) is 0 Å². The van der Waals surface area contributed by atoms with Crippen LogP contribution >= 0.6 is 23.2 Å². The van der Waals surface area contributed by atoms with E-state index in [0.29, 0.717) is 33.8 Å². The predicted molar refractivity (Wildman–Crippen MR) is 121 cm³/mol. The molecule has 2 amide bonds. The number of nitrogens with one attached hydrogen (secondary N) is 1. The molecule has 162 valence electrons. The maximum absolute atomic E-state index is 13.1. The summed E-state index contributed by atoms with van der Waals surface area (Å²) < 4.78 is 5.72. The highest BCUT2D eigenvalue weighted by molar-refractivity contribution is 6.36. The lowest BCUT2D eigenvalue weighted by molar-refractivity contribution is -0.142. The van der Waals surface area contributed by atoms with Gasteiger partial charge in [0.2, 0.25) is 5.91 Å². The minimum atomic E-state index is -0.718. The zero-order valence-corrected chi connectivity index (χ0v) is 19.3. The van der Waals surface area contributed by atoms with Gasteiger partial charge in [-0.1, -0.05) is 61.3 Å². The molecular weight excluding hydrogens is 423 g/mol. The van der Waals surface area contributed by atoms with E-state index in [4.69, 9.17) is 27.9 Å². The number of rotatable bonds is 9. The highest BCUT2D eigenvalue weighted by Gasteiger charge is 2.28. The third kappa shape index (κ3) is 6.64. The Morgan fingerprint density at radius 2 is 1.67 bits per heavy atom. The van der Waals surface area contributed by atoms with E-state index in [-0.39, 0.29) is 25.0 Å². The molecular formula is C23H28Cl2N2O3. The van der Waals surface area contributed by atoms with E-state index in [1.807, 2.05) is 39.0 Å². The van der Waals surface area contributed by atoms with Crippen molar-refractivity contribution in [1.82, 2.24) is 10.2 Å². The lowest BCUT2D eigenvalue weighted by Crippen LogP contribution is -2.49. The molecule has 0 aliphatic heterocycles. The van der Waals surface area contributed by atoms with Gasteiger partial charge in [0.05, 0.1) is 0 Å². The molecule has 0 bridgehead atoms. The molecule has 0 spiro atoms. The van der Waals surface area contributed by atoms with Gasteiger partial charge in [-0.3, -0.25) is 9.59 Å². The van der Waals surface area contributed by atoms with Crippen molar-refractivity contribution in [3.63, 3.8) is 0 Å². The highest BCUT2D eigenvalue weighted by atomic mass is 35.5. The number of benzene rings is 2. The third-order valence-electron chi connectivity index (χ3n) is 4.69. The Labute approximate surface area is 188 Å². The van der Waals surface area contributed by atoms with Gasteiger partial charge in [0.25, 0.3) is 5.91 Å². The minimum absolute atomic E-state index is 0.102. The van der Waals surface area contributed by atoms with Gasteiger partial charge in [-0.15, -0.1) is 0 Å². The van der Waals surface area contributed by atoms with E-state index < -0.39 is 6.04 Å². The average molecular weight is 451 g/mol. The van der Waals surface area contributed by atoms with Crippen molar-refractivity contribution in [2.45, 2.75) is 40.3 Å². The summed E-state index contributed by atoms with van der Waals surface area (Å²) in [5.74, 6) is 0.351. The van der Waals surface area contributed by atoms with Gasteiger partial charge in [-0.05, 0) is 43.5 Å². The Bertz CT molecular complexity index is 866. The number of hydrogen-bond acceptors (Lipinski definition) is 3. The Morgan fingerprint density at radius 1 is 1.03 bits per heavy atom. The molecule has 1 atom stereocenters. The molecule has 0 heterocycles. The van der Waals surface area contributed by atoms with Crippen LogP contribution in [0.3, 0.4) is 0 Å². The molecule has 0 saturated carbocycles. The number of carbonyl (C=O) groups excluding carboxylic acids is 2. The van der Waals surface area contributed by atoms with E-state index in [1.165, 1.54) is 4.90 Å². The molecule has 0 aromatic heterocycles. The first-order valence-corrected chi connectivity index (χ1v) is 10.6. The number of hydrogen-bond donors (Lipinski definition) is 1. The maximum atomic E-state index is 13.1. The standard InChI is InChI=1S/C23H28Cl2N2O3/c1-15(2)12-26-23(29)17(4)27(13-18-19(24)9-7-10-20(18)25)22(28)14-30-21-11-6-5-8-16(21)3/h5-11,15,17H,12-14H2,1-4H3,(H,26,29). The van der Waals surface area contributed by atoms with Crippen LogP contribution in [0.5, 0.6) is 5.75 Å². The summed E-state index contributed by atoms with van der Waals surface area (Å²) in [4.78, 5) is 27.2. The molecule has 0 aliphatic carbocycles. The van der Waals surface area contributed by atoms with Gasteiger partial charge in [0.15, 0.2) is 6.61 Å². The molecule has 2 aromatic rings. The van der Waals surface area contributed by atoms with Crippen molar-refractivity contribution in [3.05, 3.63) is 63.6 Å². The summed E-state index contributed by atoms with van der Waals surface area (Å²) in [7, 11) is 0. The van der Waals surface area contributed by atoms with Gasteiger partial charge in [-0.25, -0.2) is 0 Å². The number of amides is 2. The summed E-state index contributed by atoms with van der Waals surface area (Å²) in [6, 6.07) is 11.9. The Kier molecular flexibility index (Phi) is 9.00. The quantitative estimate of drug-likeness (QED) is 0.592. The van der Waals surface area contributed by atoms with Crippen LogP contribution in [-0.2, 0) is 16.1 Å². The summed E-state index contributed by atoms with van der Waals surface area (Å²) in [5, 5.41) is 3.75. The Hall–Kier alpha value is -2.24. The molecule has 1 unspecified atom stereocenters. The average Bonchev–Trinajstić information content (AvgIpc) is 2.70. The molecule has 2 aromatic carbocycles. The van der Waals surface area contributed by atoms with Crippen molar-refractivity contribution in [2.75, 3.05) is 13.2 Å². The van der Waals surface area contributed by atoms with Gasteiger partial charge in [0.1, 0.15) is 11.8 Å². The monoisotopic (exact) mass is 450 g/mol. The first-order chi connectivity index (χ1) is 14.2. The van der Waals surface area contributed by atoms with Crippen LogP contribution < -0.4 is 10.1 Å². The zero-order chi connectivity index (χ0) is 22.3. The molecule has 0 saturated heterocycles. The zero-order valence-electron chi connectivity index (χ0n) is 17.7. The second kappa shape index (κ2) is 11.2. The highest BCUT2D eigenvalue weighted by Crippen LogP contribution is 2.26. The van der Waals surface area contributed by atoms with Gasteiger partial charge >= 0.3 is 0 Å². The normalized spacial score (nSPS) is 11.8. The first-order valence-electron chi connectivity index (χ1n) is 9.89. The van der Waals surface area contributed by atoms with E-state index >= 15 is 0 Å². The van der Waals surface area contributed by atoms with E-state index in [1.54, 1.807) is 31.2 Å². The molecule has 1 N–H and O–H groups in total. The third-order valence-corrected chi connectivity index (χ3v) is 5.39. The summed E-state index contributed by atoms with van der Waals surface area (Å²) in [5.41, 5.74) is 1.52. The van der Waals surface area contributed by atoms with E-state index in [9.17, 15) is 9.59 Å². The van der Waals surface area contributed by atoms with E-state index in [2.05, 4.69) is 5.32 Å². The smallest absolute Gasteiger partial charge is 0.261 e. The molecule has 30 heavy (non-hydrogen) atoms. The number of aryl methyl sites for hydroxylation is 1. The van der Waals surface area contributed by atoms with Gasteiger partial charge in [0, 0.05) is 28.7 Å². The fourth-order valence-corrected chi connectivity index (χ4v) is 3.35. The topological polar surface area (TPSA) is 58.6 Å². The van der Waals surface area contributed by atoms with Crippen molar-refractivity contribution >= 4 is 35.0 Å². The lowest BCUT2D eigenvalue weighted by Gasteiger charge is -2.29. The molecule has 2 rings (SSSR count). The van der Waals surface area contributed by atoms with Crippen molar-refractivity contribution in [1.29, 1.82) is 0 Å². The summed E-state index contributed by atoms with van der Waals surface area (Å²) in [6.07, 6.45) is 0. The number of para-hydroxylation sites is 1. The summed E-state index contributed by atoms with van der Waals surface area (Å²) >= 11 is 12.6. The van der Waals surface area contributed by atoms with Crippen molar-refractivity contribution in [3.8, 4) is 5.75 Å². The summed E-state index contributed by atoms with van der Waals surface area (Å²) in [6.45, 7) is 8.03. The first kappa shape index (κ1) is 24.0. The number of nitrogens with zero attached hydrogens (tertiary/aromatic N) is 1. The fourth-order valence-electron chi connectivity index (χ4n) is 2.83. The van der Waals surface area contributed by atoms with Crippen LogP contribution in [0.15, 0.2) is 42.5 Å². The molecule has 0 aliphatic rings. The fraction of sp³-hybridized carbons (Fsp3) is 0.391. The van der Waals surface area contributed by atoms with Crippen LogP contribution in [0.1, 0.15) is 31.9 Å². The number of ether oxygens (including phenoxy) is 1. The SMILES string of the molecule is Cc1ccccc1OCC(=O)N(Cc1c(Cl)cccc1Cl)C(C)C(=O)NCC(C)C. The van der Waals surface area contributed by atoms with Crippen LogP contribution in [0, 0.1) is 12.8 Å². The second-order valence-corrected chi connectivity index (χ2v) is 8.41. The number of carbonyl (C=O) groups is 2. The van der Waals surface area contributed by atoms with Crippen LogP contribution in [-0.4, -0.2) is 35.9 Å². The molecule has 0 radical (unpaired) electrons. The number of halogens is 2. The van der Waals surface area contributed by atoms with Crippen LogP contribution in [0.25, 0.3) is 0 Å². The van der Waals surface area contributed by atoms with E-state index in [0.717, 1.165) is 5.56 Å². The Morgan fingerprint density at radius 3 is 2.27 bits per heavy atom. The largest absolute Gasteiger partial charge is 0.484 e.